The number of tetrazole rings is 1. The monoisotopic (exact) mass is 229 g/mol. The van der Waals surface area contributed by atoms with Gasteiger partial charge in [-0.3, -0.25) is 0 Å². The number of benzene rings is 1. The van der Waals surface area contributed by atoms with E-state index in [-0.39, 0.29) is 11.8 Å². The SMILES string of the molecule is Oc1[nH]c2ccccc2c1N=Nc1nn[nH]n1. The lowest BCUT2D eigenvalue weighted by Gasteiger charge is -1.88. The molecule has 0 saturated heterocycles. The first-order valence-electron chi connectivity index (χ1n) is 4.79. The minimum atomic E-state index is -0.0431. The molecule has 0 aliphatic heterocycles. The van der Waals surface area contributed by atoms with Crippen LogP contribution in [-0.4, -0.2) is 30.7 Å². The average molecular weight is 229 g/mol. The van der Waals surface area contributed by atoms with E-state index in [0.29, 0.717) is 5.69 Å². The van der Waals surface area contributed by atoms with Crippen LogP contribution in [0.25, 0.3) is 10.9 Å². The van der Waals surface area contributed by atoms with E-state index < -0.39 is 0 Å². The second-order valence-electron chi connectivity index (χ2n) is 3.28. The van der Waals surface area contributed by atoms with Crippen molar-refractivity contribution < 1.29 is 5.11 Å². The minimum Gasteiger partial charge on any atom is -0.493 e. The van der Waals surface area contributed by atoms with Gasteiger partial charge in [-0.2, -0.15) is 5.21 Å². The molecule has 8 heteroatoms. The van der Waals surface area contributed by atoms with Gasteiger partial charge in [-0.25, -0.2) is 0 Å². The summed E-state index contributed by atoms with van der Waals surface area (Å²) in [6, 6.07) is 7.37. The van der Waals surface area contributed by atoms with Crippen molar-refractivity contribution in [3.8, 4) is 5.88 Å². The number of fused-ring (bicyclic) bond motifs is 1. The normalized spacial score (nSPS) is 11.5. The summed E-state index contributed by atoms with van der Waals surface area (Å²) in [5, 5.41) is 31.0. The molecular weight excluding hydrogens is 222 g/mol. The summed E-state index contributed by atoms with van der Waals surface area (Å²) >= 11 is 0. The number of hydrogen-bond donors (Lipinski definition) is 3. The van der Waals surface area contributed by atoms with Crippen molar-refractivity contribution >= 4 is 22.5 Å². The molecule has 0 bridgehead atoms. The highest BCUT2D eigenvalue weighted by Crippen LogP contribution is 2.35. The molecule has 17 heavy (non-hydrogen) atoms. The molecular formula is C9H7N7O. The van der Waals surface area contributed by atoms with E-state index in [1.807, 2.05) is 24.3 Å². The van der Waals surface area contributed by atoms with Crippen molar-refractivity contribution in [3.63, 3.8) is 0 Å². The lowest BCUT2D eigenvalue weighted by Crippen LogP contribution is -1.66. The number of aromatic amines is 2. The fourth-order valence-corrected chi connectivity index (χ4v) is 1.51. The predicted molar refractivity (Wildman–Crippen MR) is 58.3 cm³/mol. The first kappa shape index (κ1) is 9.46. The van der Waals surface area contributed by atoms with Crippen molar-refractivity contribution in [2.24, 2.45) is 10.2 Å². The number of aromatic nitrogens is 5. The summed E-state index contributed by atoms with van der Waals surface area (Å²) in [7, 11) is 0. The van der Waals surface area contributed by atoms with E-state index >= 15 is 0 Å². The van der Waals surface area contributed by atoms with Gasteiger partial charge in [0.05, 0.1) is 5.52 Å². The van der Waals surface area contributed by atoms with Crippen LogP contribution in [0.1, 0.15) is 0 Å². The van der Waals surface area contributed by atoms with E-state index in [9.17, 15) is 5.11 Å². The molecule has 0 radical (unpaired) electrons. The lowest BCUT2D eigenvalue weighted by molar-refractivity contribution is 0.459. The van der Waals surface area contributed by atoms with Crippen molar-refractivity contribution in [1.82, 2.24) is 25.6 Å². The first-order valence-corrected chi connectivity index (χ1v) is 4.79. The van der Waals surface area contributed by atoms with Crippen molar-refractivity contribution in [3.05, 3.63) is 24.3 Å². The highest BCUT2D eigenvalue weighted by atomic mass is 16.3. The molecule has 2 aromatic heterocycles. The largest absolute Gasteiger partial charge is 0.493 e. The zero-order chi connectivity index (χ0) is 11.7. The second-order valence-corrected chi connectivity index (χ2v) is 3.28. The van der Waals surface area contributed by atoms with Gasteiger partial charge in [0.2, 0.25) is 5.88 Å². The highest BCUT2D eigenvalue weighted by Gasteiger charge is 2.09. The predicted octanol–water partition coefficient (Wildman–Crippen LogP) is 1.80. The van der Waals surface area contributed by atoms with Gasteiger partial charge in [0.1, 0.15) is 0 Å². The number of azo groups is 1. The third kappa shape index (κ3) is 1.61. The number of nitrogens with one attached hydrogen (secondary N) is 2. The molecule has 0 aliphatic carbocycles. The van der Waals surface area contributed by atoms with E-state index in [4.69, 9.17) is 0 Å². The Kier molecular flexibility index (Phi) is 2.04. The van der Waals surface area contributed by atoms with Crippen LogP contribution in [0.4, 0.5) is 11.6 Å². The fraction of sp³-hybridized carbons (Fsp3) is 0. The molecule has 3 N–H and O–H groups in total. The van der Waals surface area contributed by atoms with Crippen LogP contribution in [0.5, 0.6) is 5.88 Å². The number of rotatable bonds is 2. The summed E-state index contributed by atoms with van der Waals surface area (Å²) < 4.78 is 0. The van der Waals surface area contributed by atoms with E-state index in [2.05, 4.69) is 35.8 Å². The van der Waals surface area contributed by atoms with Gasteiger partial charge in [-0.1, -0.05) is 23.3 Å². The quantitative estimate of drug-likeness (QED) is 0.581. The minimum absolute atomic E-state index is 0.0431. The Morgan fingerprint density at radius 2 is 2.06 bits per heavy atom. The Morgan fingerprint density at radius 3 is 2.88 bits per heavy atom. The zero-order valence-corrected chi connectivity index (χ0v) is 8.49. The standard InChI is InChI=1S/C9H7N7O/c17-8-7(11-12-9-13-15-16-14-9)5-3-1-2-4-6(5)10-8/h1-4,10,17H,(H,13,14,15,16). The Labute approximate surface area is 94.4 Å². The molecule has 0 fully saturated rings. The molecule has 84 valence electrons. The lowest BCUT2D eigenvalue weighted by atomic mass is 10.2. The summed E-state index contributed by atoms with van der Waals surface area (Å²) in [5.74, 6) is 0.0631. The van der Waals surface area contributed by atoms with Crippen molar-refractivity contribution in [2.45, 2.75) is 0 Å². The Bertz CT molecular complexity index is 670. The topological polar surface area (TPSA) is 115 Å². The number of nitrogens with zero attached hydrogens (tertiary/aromatic N) is 5. The number of aromatic hydroxyl groups is 1. The molecule has 0 aliphatic rings. The van der Waals surface area contributed by atoms with Crippen LogP contribution < -0.4 is 0 Å². The second kappa shape index (κ2) is 3.67. The molecule has 3 rings (SSSR count). The Hall–Kier alpha value is -2.77. The highest BCUT2D eigenvalue weighted by molar-refractivity contribution is 5.93. The van der Waals surface area contributed by atoms with Gasteiger partial charge < -0.3 is 10.1 Å². The molecule has 0 spiro atoms. The third-order valence-electron chi connectivity index (χ3n) is 2.23. The third-order valence-corrected chi connectivity index (χ3v) is 2.23. The molecule has 0 atom stereocenters. The maximum Gasteiger partial charge on any atom is 0.307 e. The summed E-state index contributed by atoms with van der Waals surface area (Å²) in [6.07, 6.45) is 0. The van der Waals surface area contributed by atoms with Gasteiger partial charge in [-0.15, -0.1) is 15.3 Å². The Morgan fingerprint density at radius 1 is 1.18 bits per heavy atom. The zero-order valence-electron chi connectivity index (χ0n) is 8.49. The van der Waals surface area contributed by atoms with Crippen LogP contribution in [0.2, 0.25) is 0 Å². The van der Waals surface area contributed by atoms with Gasteiger partial charge in [0.15, 0.2) is 5.69 Å². The summed E-state index contributed by atoms with van der Waals surface area (Å²) in [6.45, 7) is 0. The molecule has 1 aromatic carbocycles. The van der Waals surface area contributed by atoms with Crippen LogP contribution in [-0.2, 0) is 0 Å². The Balaban J connectivity index is 2.08. The van der Waals surface area contributed by atoms with E-state index in [1.165, 1.54) is 0 Å². The summed E-state index contributed by atoms with van der Waals surface area (Å²) in [4.78, 5) is 2.79. The molecule has 0 saturated carbocycles. The molecule has 0 unspecified atom stereocenters. The van der Waals surface area contributed by atoms with Gasteiger partial charge >= 0.3 is 5.95 Å². The molecule has 3 aromatic rings. The van der Waals surface area contributed by atoms with Crippen LogP contribution in [0, 0.1) is 0 Å². The average Bonchev–Trinajstić information content (AvgIpc) is 2.93. The first-order chi connectivity index (χ1) is 8.34. The van der Waals surface area contributed by atoms with Crippen LogP contribution in [0.15, 0.2) is 34.5 Å². The summed E-state index contributed by atoms with van der Waals surface area (Å²) in [5.41, 5.74) is 1.14. The number of para-hydroxylation sites is 1. The van der Waals surface area contributed by atoms with Gasteiger partial charge in [-0.05, 0) is 11.3 Å². The molecule has 8 nitrogen and oxygen atoms in total. The number of H-pyrrole nitrogens is 2. The van der Waals surface area contributed by atoms with E-state index in [0.717, 1.165) is 10.9 Å². The number of hydrogen-bond acceptors (Lipinski definition) is 6. The van der Waals surface area contributed by atoms with Crippen molar-refractivity contribution in [1.29, 1.82) is 0 Å². The molecule has 2 heterocycles. The van der Waals surface area contributed by atoms with Gasteiger partial charge in [0.25, 0.3) is 0 Å². The van der Waals surface area contributed by atoms with Crippen LogP contribution >= 0.6 is 0 Å². The molecule has 0 amide bonds. The smallest absolute Gasteiger partial charge is 0.307 e. The fourth-order valence-electron chi connectivity index (χ4n) is 1.51. The van der Waals surface area contributed by atoms with Crippen molar-refractivity contribution in [2.75, 3.05) is 0 Å². The van der Waals surface area contributed by atoms with E-state index in [1.54, 1.807) is 0 Å². The maximum atomic E-state index is 9.69. The maximum absolute atomic E-state index is 9.69. The van der Waals surface area contributed by atoms with Crippen LogP contribution in [0.3, 0.4) is 0 Å². The van der Waals surface area contributed by atoms with Gasteiger partial charge in [0, 0.05) is 5.39 Å².